The van der Waals surface area contributed by atoms with Crippen molar-refractivity contribution >= 4 is 8.32 Å². The first-order chi connectivity index (χ1) is 8.04. The second kappa shape index (κ2) is 5.21. The summed E-state index contributed by atoms with van der Waals surface area (Å²) >= 11 is 0. The fraction of sp³-hybridized carbons (Fsp3) is 0.538. The summed E-state index contributed by atoms with van der Waals surface area (Å²) < 4.78 is 5.95. The lowest BCUT2D eigenvalue weighted by molar-refractivity contribution is 0.430. The summed E-state index contributed by atoms with van der Waals surface area (Å²) in [6.07, 6.45) is 0. The summed E-state index contributed by atoms with van der Waals surface area (Å²) in [5, 5.41) is 6.91. The van der Waals surface area contributed by atoms with Gasteiger partial charge in [-0.1, -0.05) is 12.1 Å². The van der Waals surface area contributed by atoms with Gasteiger partial charge in [-0.3, -0.25) is 0 Å². The van der Waals surface area contributed by atoms with Gasteiger partial charge in [0.1, 0.15) is 5.75 Å². The van der Waals surface area contributed by atoms with E-state index < -0.39 is 8.32 Å². The zero-order valence-corrected chi connectivity index (χ0v) is 11.9. The molecule has 1 aliphatic rings. The Bertz CT molecular complexity index is 353. The summed E-state index contributed by atoms with van der Waals surface area (Å²) in [5.74, 6) is 0.997. The average Bonchev–Trinajstić information content (AvgIpc) is 2.29. The minimum absolute atomic E-state index is 0.435. The van der Waals surface area contributed by atoms with Crippen LogP contribution in [0.1, 0.15) is 11.6 Å². The van der Waals surface area contributed by atoms with E-state index in [1.807, 2.05) is 0 Å². The summed E-state index contributed by atoms with van der Waals surface area (Å²) in [4.78, 5) is 0. The number of piperazine rings is 1. The fourth-order valence-electron chi connectivity index (χ4n) is 2.01. The molecule has 1 aromatic rings. The lowest BCUT2D eigenvalue weighted by Crippen LogP contribution is -2.42. The SMILES string of the molecule is C[Si](C)(C)Oc1ccc(C2CNCCN2)cc1. The van der Waals surface area contributed by atoms with Crippen LogP contribution in [-0.4, -0.2) is 28.0 Å². The zero-order valence-electron chi connectivity index (χ0n) is 10.9. The molecule has 2 N–H and O–H groups in total. The van der Waals surface area contributed by atoms with Gasteiger partial charge in [0.05, 0.1) is 0 Å². The molecule has 1 atom stereocenters. The molecule has 1 aromatic carbocycles. The van der Waals surface area contributed by atoms with Gasteiger partial charge in [-0.05, 0) is 37.3 Å². The molecule has 17 heavy (non-hydrogen) atoms. The van der Waals surface area contributed by atoms with E-state index in [0.717, 1.165) is 25.4 Å². The molecule has 0 saturated carbocycles. The molecule has 1 unspecified atom stereocenters. The summed E-state index contributed by atoms with van der Waals surface area (Å²) in [6.45, 7) is 9.72. The van der Waals surface area contributed by atoms with Crippen molar-refractivity contribution in [3.05, 3.63) is 29.8 Å². The normalized spacial score (nSPS) is 21.2. The van der Waals surface area contributed by atoms with Crippen LogP contribution < -0.4 is 15.1 Å². The van der Waals surface area contributed by atoms with Crippen LogP contribution in [0.4, 0.5) is 0 Å². The molecule has 0 radical (unpaired) electrons. The topological polar surface area (TPSA) is 33.3 Å². The molecule has 0 amide bonds. The predicted octanol–water partition coefficient (Wildman–Crippen LogP) is 2.13. The Hall–Kier alpha value is -0.843. The smallest absolute Gasteiger partial charge is 0.242 e. The first kappa shape index (κ1) is 12.6. The molecule has 4 heteroatoms. The van der Waals surface area contributed by atoms with Crippen molar-refractivity contribution in [1.29, 1.82) is 0 Å². The molecule has 1 saturated heterocycles. The maximum atomic E-state index is 5.95. The van der Waals surface area contributed by atoms with E-state index in [1.165, 1.54) is 5.56 Å². The first-order valence-corrected chi connectivity index (χ1v) is 9.68. The van der Waals surface area contributed by atoms with Crippen LogP contribution >= 0.6 is 0 Å². The Labute approximate surface area is 105 Å². The molecule has 0 aromatic heterocycles. The number of rotatable bonds is 3. The van der Waals surface area contributed by atoms with Crippen LogP contribution in [0.15, 0.2) is 24.3 Å². The largest absolute Gasteiger partial charge is 0.544 e. The van der Waals surface area contributed by atoms with Gasteiger partial charge in [0.25, 0.3) is 0 Å². The lowest BCUT2D eigenvalue weighted by Gasteiger charge is -2.25. The van der Waals surface area contributed by atoms with Crippen LogP contribution in [0, 0.1) is 0 Å². The highest BCUT2D eigenvalue weighted by Crippen LogP contribution is 2.20. The van der Waals surface area contributed by atoms with E-state index in [2.05, 4.69) is 54.5 Å². The molecule has 0 spiro atoms. The maximum Gasteiger partial charge on any atom is 0.242 e. The Morgan fingerprint density at radius 3 is 2.35 bits per heavy atom. The minimum Gasteiger partial charge on any atom is -0.544 e. The highest BCUT2D eigenvalue weighted by atomic mass is 28.4. The van der Waals surface area contributed by atoms with E-state index >= 15 is 0 Å². The quantitative estimate of drug-likeness (QED) is 0.806. The molecule has 0 bridgehead atoms. The molecule has 1 fully saturated rings. The van der Waals surface area contributed by atoms with E-state index in [9.17, 15) is 0 Å². The standard InChI is InChI=1S/C13H22N2OSi/c1-17(2,3)16-12-6-4-11(5-7-12)13-10-14-8-9-15-13/h4-7,13-15H,8-10H2,1-3H3. The maximum absolute atomic E-state index is 5.95. The van der Waals surface area contributed by atoms with E-state index in [-0.39, 0.29) is 0 Å². The highest BCUT2D eigenvalue weighted by Gasteiger charge is 2.17. The second-order valence-electron chi connectivity index (χ2n) is 5.49. The van der Waals surface area contributed by atoms with Crippen LogP contribution in [0.5, 0.6) is 5.75 Å². The van der Waals surface area contributed by atoms with Crippen molar-refractivity contribution in [2.75, 3.05) is 19.6 Å². The average molecular weight is 250 g/mol. The molecule has 3 nitrogen and oxygen atoms in total. The number of hydrogen-bond acceptors (Lipinski definition) is 3. The van der Waals surface area contributed by atoms with E-state index in [1.54, 1.807) is 0 Å². The van der Waals surface area contributed by atoms with Gasteiger partial charge in [-0.2, -0.15) is 0 Å². The summed E-state index contributed by atoms with van der Waals surface area (Å²) in [5.41, 5.74) is 1.33. The van der Waals surface area contributed by atoms with Crippen LogP contribution in [-0.2, 0) is 0 Å². The van der Waals surface area contributed by atoms with Crippen molar-refractivity contribution < 1.29 is 4.43 Å². The van der Waals surface area contributed by atoms with Crippen molar-refractivity contribution in [3.8, 4) is 5.75 Å². The Morgan fingerprint density at radius 1 is 1.12 bits per heavy atom. The van der Waals surface area contributed by atoms with Gasteiger partial charge in [0.2, 0.25) is 8.32 Å². The van der Waals surface area contributed by atoms with Gasteiger partial charge in [0.15, 0.2) is 0 Å². The van der Waals surface area contributed by atoms with E-state index in [0.29, 0.717) is 6.04 Å². The summed E-state index contributed by atoms with van der Waals surface area (Å²) in [7, 11) is -1.48. The van der Waals surface area contributed by atoms with Crippen molar-refractivity contribution in [2.45, 2.75) is 25.7 Å². The lowest BCUT2D eigenvalue weighted by atomic mass is 10.1. The number of hydrogen-bond donors (Lipinski definition) is 2. The Balaban J connectivity index is 2.02. The minimum atomic E-state index is -1.48. The zero-order chi connectivity index (χ0) is 12.3. The Kier molecular flexibility index (Phi) is 3.86. The van der Waals surface area contributed by atoms with Gasteiger partial charge < -0.3 is 15.1 Å². The number of benzene rings is 1. The molecule has 2 rings (SSSR count). The third-order valence-corrected chi connectivity index (χ3v) is 3.60. The highest BCUT2D eigenvalue weighted by molar-refractivity contribution is 6.70. The van der Waals surface area contributed by atoms with Crippen molar-refractivity contribution in [1.82, 2.24) is 10.6 Å². The fourth-order valence-corrected chi connectivity index (χ4v) is 2.85. The van der Waals surface area contributed by atoms with Gasteiger partial charge in [0, 0.05) is 25.7 Å². The molecular weight excluding hydrogens is 228 g/mol. The molecular formula is C13H22N2OSi. The van der Waals surface area contributed by atoms with Crippen molar-refractivity contribution in [3.63, 3.8) is 0 Å². The van der Waals surface area contributed by atoms with Crippen LogP contribution in [0.3, 0.4) is 0 Å². The molecule has 1 heterocycles. The molecule has 1 aliphatic heterocycles. The van der Waals surface area contributed by atoms with Gasteiger partial charge in [-0.15, -0.1) is 0 Å². The van der Waals surface area contributed by atoms with Gasteiger partial charge in [-0.25, -0.2) is 0 Å². The van der Waals surface area contributed by atoms with Gasteiger partial charge >= 0.3 is 0 Å². The van der Waals surface area contributed by atoms with Crippen LogP contribution in [0.2, 0.25) is 19.6 Å². The predicted molar refractivity (Wildman–Crippen MR) is 74.0 cm³/mol. The summed E-state index contributed by atoms with van der Waals surface area (Å²) in [6, 6.07) is 8.94. The third kappa shape index (κ3) is 3.83. The first-order valence-electron chi connectivity index (χ1n) is 6.28. The molecule has 94 valence electrons. The van der Waals surface area contributed by atoms with Crippen LogP contribution in [0.25, 0.3) is 0 Å². The third-order valence-electron chi connectivity index (χ3n) is 2.75. The number of nitrogens with one attached hydrogen (secondary N) is 2. The second-order valence-corrected chi connectivity index (χ2v) is 9.92. The monoisotopic (exact) mass is 250 g/mol. The van der Waals surface area contributed by atoms with Crippen molar-refractivity contribution in [2.24, 2.45) is 0 Å². The Morgan fingerprint density at radius 2 is 1.82 bits per heavy atom. The van der Waals surface area contributed by atoms with E-state index in [4.69, 9.17) is 4.43 Å². The molecule has 0 aliphatic carbocycles.